The number of hydrogen-bond donors (Lipinski definition) is 0. The van der Waals surface area contributed by atoms with Crippen LogP contribution in [0.15, 0.2) is 48.0 Å². The van der Waals surface area contributed by atoms with Gasteiger partial charge in [0.15, 0.2) is 0 Å². The lowest BCUT2D eigenvalue weighted by Gasteiger charge is -2.33. The van der Waals surface area contributed by atoms with E-state index in [1.165, 1.54) is 12.1 Å². The van der Waals surface area contributed by atoms with Crippen LogP contribution in [0.3, 0.4) is 0 Å². The van der Waals surface area contributed by atoms with Crippen LogP contribution in [-0.4, -0.2) is 46.7 Å². The fourth-order valence-electron chi connectivity index (χ4n) is 3.56. The Labute approximate surface area is 176 Å². The summed E-state index contributed by atoms with van der Waals surface area (Å²) in [6.07, 6.45) is 0. The summed E-state index contributed by atoms with van der Waals surface area (Å²) in [5, 5.41) is 0. The van der Waals surface area contributed by atoms with Crippen molar-refractivity contribution in [3.05, 3.63) is 70.5 Å². The van der Waals surface area contributed by atoms with E-state index in [2.05, 4.69) is 26.0 Å². The van der Waals surface area contributed by atoms with Gasteiger partial charge in [-0.3, -0.25) is 4.79 Å². The molecule has 4 nitrogen and oxygen atoms in total. The van der Waals surface area contributed by atoms with Gasteiger partial charge in [0.2, 0.25) is 0 Å². The van der Waals surface area contributed by atoms with Crippen molar-refractivity contribution < 1.29 is 18.3 Å². The molecule has 2 aromatic carbocycles. The third kappa shape index (κ3) is 3.77. The molecule has 1 amide bonds. The van der Waals surface area contributed by atoms with Crippen molar-refractivity contribution in [3.63, 3.8) is 0 Å². The number of rotatable bonds is 3. The van der Waals surface area contributed by atoms with E-state index < -0.39 is 6.67 Å². The first-order valence-electron chi connectivity index (χ1n) is 9.08. The summed E-state index contributed by atoms with van der Waals surface area (Å²) in [6.45, 7) is 2.41. The molecule has 0 radical (unpaired) electrons. The van der Waals surface area contributed by atoms with Gasteiger partial charge in [0.1, 0.15) is 24.8 Å². The van der Waals surface area contributed by atoms with Crippen LogP contribution in [0, 0.1) is 5.82 Å². The summed E-state index contributed by atoms with van der Waals surface area (Å²) < 4.78 is 34.7. The molecular weight excluding hydrogens is 477 g/mol. The van der Waals surface area contributed by atoms with Gasteiger partial charge in [-0.1, -0.05) is 18.2 Å². The molecular formula is C21H19F2IN2O2. The zero-order valence-electron chi connectivity index (χ0n) is 15.1. The second-order valence-corrected chi connectivity index (χ2v) is 8.18. The minimum absolute atomic E-state index is 0.0832. The summed E-state index contributed by atoms with van der Waals surface area (Å²) in [5.74, 6) is 0.172. The quantitative estimate of drug-likeness (QED) is 0.476. The van der Waals surface area contributed by atoms with Crippen molar-refractivity contribution in [2.24, 2.45) is 0 Å². The highest BCUT2D eigenvalue weighted by Crippen LogP contribution is 2.39. The van der Waals surface area contributed by atoms with Crippen molar-refractivity contribution in [2.45, 2.75) is 6.67 Å². The van der Waals surface area contributed by atoms with E-state index in [0.717, 1.165) is 18.7 Å². The zero-order chi connectivity index (χ0) is 19.7. The fourth-order valence-corrected chi connectivity index (χ4v) is 3.99. The van der Waals surface area contributed by atoms with Gasteiger partial charge >= 0.3 is 0 Å². The lowest BCUT2D eigenvalue weighted by Crippen LogP contribution is -2.46. The summed E-state index contributed by atoms with van der Waals surface area (Å²) in [6, 6.07) is 11.2. The van der Waals surface area contributed by atoms with Crippen LogP contribution in [0.2, 0.25) is 0 Å². The van der Waals surface area contributed by atoms with Crippen LogP contribution in [0.25, 0.3) is 5.57 Å². The van der Waals surface area contributed by atoms with Crippen LogP contribution < -0.4 is 4.74 Å². The molecule has 0 atom stereocenters. The molecule has 2 aromatic rings. The standard InChI is InChI=1S/C21H19F2IN2O2/c22-12-14-1-6-19-17(11-14)20(15-2-4-16(23)5-3-15)18(13-28-19)21(27)25-7-9-26(24)10-8-25/h1-6,11H,7-10,12-13H2. The van der Waals surface area contributed by atoms with Crippen LogP contribution in [0.1, 0.15) is 16.7 Å². The molecule has 1 saturated heterocycles. The van der Waals surface area contributed by atoms with Crippen LogP contribution in [0.5, 0.6) is 5.75 Å². The molecule has 4 rings (SSSR count). The summed E-state index contributed by atoms with van der Waals surface area (Å²) in [4.78, 5) is 15.1. The van der Waals surface area contributed by atoms with Crippen LogP contribution in [-0.2, 0) is 11.5 Å². The van der Waals surface area contributed by atoms with E-state index >= 15 is 0 Å². The minimum Gasteiger partial charge on any atom is -0.488 e. The predicted octanol–water partition coefficient (Wildman–Crippen LogP) is 3.98. The second-order valence-electron chi connectivity index (χ2n) is 6.82. The van der Waals surface area contributed by atoms with E-state index in [1.54, 1.807) is 30.3 Å². The monoisotopic (exact) mass is 496 g/mol. The molecule has 2 aliphatic rings. The molecule has 0 spiro atoms. The Balaban J connectivity index is 1.82. The van der Waals surface area contributed by atoms with Gasteiger partial charge in [-0.2, -0.15) is 0 Å². The van der Waals surface area contributed by atoms with E-state index in [9.17, 15) is 13.6 Å². The molecule has 0 bridgehead atoms. The molecule has 28 heavy (non-hydrogen) atoms. The molecule has 0 saturated carbocycles. The first-order valence-corrected chi connectivity index (χ1v) is 10.0. The molecule has 0 aliphatic carbocycles. The number of hydrogen-bond acceptors (Lipinski definition) is 3. The highest BCUT2D eigenvalue weighted by molar-refractivity contribution is 14.1. The zero-order valence-corrected chi connectivity index (χ0v) is 17.3. The topological polar surface area (TPSA) is 32.8 Å². The molecule has 0 unspecified atom stereocenters. The third-order valence-corrected chi connectivity index (χ3v) is 6.01. The van der Waals surface area contributed by atoms with E-state index in [4.69, 9.17) is 4.74 Å². The van der Waals surface area contributed by atoms with Crippen molar-refractivity contribution in [3.8, 4) is 5.75 Å². The van der Waals surface area contributed by atoms with Crippen LogP contribution >= 0.6 is 22.9 Å². The Morgan fingerprint density at radius 3 is 2.46 bits per heavy atom. The Morgan fingerprint density at radius 2 is 1.79 bits per heavy atom. The number of ether oxygens (including phenoxy) is 1. The molecule has 0 aromatic heterocycles. The van der Waals surface area contributed by atoms with Gasteiger partial charge in [0, 0.05) is 60.2 Å². The molecule has 0 N–H and O–H groups in total. The highest BCUT2D eigenvalue weighted by atomic mass is 127. The average Bonchev–Trinajstić information content (AvgIpc) is 2.73. The Bertz CT molecular complexity index is 923. The number of carbonyl (C=O) groups is 1. The molecule has 2 aliphatic heterocycles. The minimum atomic E-state index is -0.606. The number of halogens is 3. The van der Waals surface area contributed by atoms with Gasteiger partial charge in [-0.25, -0.2) is 11.9 Å². The van der Waals surface area contributed by atoms with Crippen molar-refractivity contribution in [2.75, 3.05) is 32.8 Å². The largest absolute Gasteiger partial charge is 0.488 e. The maximum atomic E-state index is 13.5. The van der Waals surface area contributed by atoms with Crippen molar-refractivity contribution in [1.29, 1.82) is 0 Å². The summed E-state index contributed by atoms with van der Waals surface area (Å²) >= 11 is 2.26. The number of benzene rings is 2. The Hall–Kier alpha value is -2.00. The summed E-state index contributed by atoms with van der Waals surface area (Å²) in [5.41, 5.74) is 3.12. The van der Waals surface area contributed by atoms with Crippen molar-refractivity contribution >= 4 is 34.3 Å². The first-order chi connectivity index (χ1) is 13.6. The van der Waals surface area contributed by atoms with Crippen molar-refractivity contribution in [1.82, 2.24) is 8.01 Å². The number of nitrogens with zero attached hydrogens (tertiary/aromatic N) is 2. The van der Waals surface area contributed by atoms with Crippen LogP contribution in [0.4, 0.5) is 8.78 Å². The maximum Gasteiger partial charge on any atom is 0.253 e. The maximum absolute atomic E-state index is 13.5. The molecule has 7 heteroatoms. The first kappa shape index (κ1) is 19.3. The van der Waals surface area contributed by atoms with Gasteiger partial charge in [-0.05, 0) is 35.4 Å². The predicted molar refractivity (Wildman–Crippen MR) is 111 cm³/mol. The third-order valence-electron chi connectivity index (χ3n) is 5.04. The second kappa shape index (κ2) is 8.16. The van der Waals surface area contributed by atoms with Gasteiger partial charge in [-0.15, -0.1) is 0 Å². The normalized spacial score (nSPS) is 17.3. The number of fused-ring (bicyclic) bond motifs is 1. The van der Waals surface area contributed by atoms with Gasteiger partial charge in [0.25, 0.3) is 5.91 Å². The number of alkyl halides is 1. The highest BCUT2D eigenvalue weighted by Gasteiger charge is 2.30. The fraction of sp³-hybridized carbons (Fsp3) is 0.286. The lowest BCUT2D eigenvalue weighted by molar-refractivity contribution is -0.128. The lowest BCUT2D eigenvalue weighted by atomic mass is 9.89. The van der Waals surface area contributed by atoms with E-state index in [-0.39, 0.29) is 18.3 Å². The Kier molecular flexibility index (Phi) is 5.63. The average molecular weight is 496 g/mol. The smallest absolute Gasteiger partial charge is 0.253 e. The van der Waals surface area contributed by atoms with Gasteiger partial charge in [0.05, 0.1) is 5.57 Å². The number of carbonyl (C=O) groups excluding carboxylic acids is 1. The van der Waals surface area contributed by atoms with Gasteiger partial charge < -0.3 is 9.64 Å². The number of piperazine rings is 1. The molecule has 1 fully saturated rings. The molecule has 146 valence electrons. The Morgan fingerprint density at radius 1 is 1.07 bits per heavy atom. The number of amides is 1. The van der Waals surface area contributed by atoms with E-state index in [0.29, 0.717) is 41.1 Å². The SMILES string of the molecule is O=C(C1=C(c2ccc(F)cc2)c2cc(CF)ccc2OC1)N1CCN(I)CC1. The van der Waals surface area contributed by atoms with E-state index in [1.807, 2.05) is 4.90 Å². The molecule has 2 heterocycles. The summed E-state index contributed by atoms with van der Waals surface area (Å²) in [7, 11) is 0.